The molecule has 0 bridgehead atoms. The first kappa shape index (κ1) is 10.2. The predicted octanol–water partition coefficient (Wildman–Crippen LogP) is 0.882. The molecule has 1 aromatic rings. The fourth-order valence-electron chi connectivity index (χ4n) is 0.913. The smallest absolute Gasteiger partial charge is 0.354 e. The Morgan fingerprint density at radius 1 is 1.50 bits per heavy atom. The van der Waals surface area contributed by atoms with Crippen molar-refractivity contribution in [2.45, 2.75) is 6.92 Å². The van der Waals surface area contributed by atoms with Crippen molar-refractivity contribution < 1.29 is 9.53 Å². The molecule has 4 nitrogen and oxygen atoms in total. The molecule has 0 aliphatic heterocycles. The van der Waals surface area contributed by atoms with Gasteiger partial charge in [0.05, 0.1) is 6.61 Å². The molecule has 0 saturated heterocycles. The average Bonchev–Trinajstić information content (AvgIpc) is 2.18. The molecule has 14 heavy (non-hydrogen) atoms. The molecule has 0 unspecified atom stereocenters. The Balaban J connectivity index is 2.84. The lowest BCUT2D eigenvalue weighted by molar-refractivity contribution is -0.136. The Bertz CT molecular complexity index is 386. The number of hydrogen-bond donors (Lipinski definition) is 0. The lowest BCUT2D eigenvalue weighted by atomic mass is 10.4. The molecule has 0 aliphatic carbocycles. The molecule has 0 saturated carbocycles. The third-order valence-corrected chi connectivity index (χ3v) is 1.62. The molecule has 1 aromatic heterocycles. The number of nitrogens with zero attached hydrogens (tertiary/aromatic N) is 1. The van der Waals surface area contributed by atoms with Crippen LogP contribution >= 0.6 is 0 Å². The molecule has 0 N–H and O–H groups in total. The minimum Gasteiger partial charge on any atom is -0.461 e. The van der Waals surface area contributed by atoms with Gasteiger partial charge in [0.15, 0.2) is 5.43 Å². The van der Waals surface area contributed by atoms with Gasteiger partial charge in [-0.1, -0.05) is 6.58 Å². The Kier molecular flexibility index (Phi) is 3.23. The highest BCUT2D eigenvalue weighted by molar-refractivity contribution is 6.08. The molecule has 0 aromatic carbocycles. The van der Waals surface area contributed by atoms with E-state index in [1.54, 1.807) is 6.92 Å². The summed E-state index contributed by atoms with van der Waals surface area (Å²) in [5.74, 6) is -0.490. The summed E-state index contributed by atoms with van der Waals surface area (Å²) in [7, 11) is 0. The van der Waals surface area contributed by atoms with Gasteiger partial charge in [0.1, 0.15) is 5.70 Å². The van der Waals surface area contributed by atoms with Crippen LogP contribution in [-0.4, -0.2) is 17.1 Å². The summed E-state index contributed by atoms with van der Waals surface area (Å²) in [4.78, 5) is 22.0. The fourth-order valence-corrected chi connectivity index (χ4v) is 0.913. The van der Waals surface area contributed by atoms with Crippen LogP contribution in [0.25, 0.3) is 5.70 Å². The van der Waals surface area contributed by atoms with Crippen LogP contribution in [0.15, 0.2) is 35.9 Å². The molecule has 74 valence electrons. The van der Waals surface area contributed by atoms with Crippen molar-refractivity contribution in [2.75, 3.05) is 6.61 Å². The third kappa shape index (κ3) is 2.32. The van der Waals surface area contributed by atoms with E-state index < -0.39 is 5.97 Å². The molecule has 1 heterocycles. The lowest BCUT2D eigenvalue weighted by Crippen LogP contribution is -2.12. The van der Waals surface area contributed by atoms with Crippen molar-refractivity contribution in [1.82, 2.24) is 4.57 Å². The van der Waals surface area contributed by atoms with Gasteiger partial charge in [-0.3, -0.25) is 4.79 Å². The zero-order valence-electron chi connectivity index (χ0n) is 7.90. The van der Waals surface area contributed by atoms with E-state index in [4.69, 9.17) is 4.74 Å². The highest BCUT2D eigenvalue weighted by Gasteiger charge is 2.07. The van der Waals surface area contributed by atoms with Gasteiger partial charge in [-0.05, 0) is 6.92 Å². The minimum atomic E-state index is -0.490. The van der Waals surface area contributed by atoms with E-state index in [9.17, 15) is 9.59 Å². The summed E-state index contributed by atoms with van der Waals surface area (Å²) in [5, 5.41) is 0. The Hall–Kier alpha value is -1.84. The van der Waals surface area contributed by atoms with Crippen molar-refractivity contribution in [2.24, 2.45) is 0 Å². The normalized spacial score (nSPS) is 9.50. The summed E-state index contributed by atoms with van der Waals surface area (Å²) in [6, 6.07) is 2.70. The second kappa shape index (κ2) is 4.41. The molecular formula is C10H11NO3. The quantitative estimate of drug-likeness (QED) is 0.529. The summed E-state index contributed by atoms with van der Waals surface area (Å²) in [6.45, 7) is 5.58. The molecule has 0 amide bonds. The second-order valence-corrected chi connectivity index (χ2v) is 2.61. The number of rotatable bonds is 3. The number of esters is 1. The molecule has 4 heteroatoms. The SMILES string of the molecule is C=C(C(=O)OCC)n1ccc(=O)cc1. The molecule has 0 aliphatic rings. The van der Waals surface area contributed by atoms with Crippen molar-refractivity contribution in [3.05, 3.63) is 41.3 Å². The van der Waals surface area contributed by atoms with Crippen LogP contribution in [0, 0.1) is 0 Å². The summed E-state index contributed by atoms with van der Waals surface area (Å²) in [5.41, 5.74) is 0.0739. The van der Waals surface area contributed by atoms with Crippen molar-refractivity contribution in [1.29, 1.82) is 0 Å². The predicted molar refractivity (Wildman–Crippen MR) is 52.7 cm³/mol. The van der Waals surface area contributed by atoms with Crippen molar-refractivity contribution >= 4 is 11.7 Å². The van der Waals surface area contributed by atoms with Gasteiger partial charge in [-0.15, -0.1) is 0 Å². The Labute approximate surface area is 81.4 Å². The van der Waals surface area contributed by atoms with Gasteiger partial charge in [-0.2, -0.15) is 0 Å². The Morgan fingerprint density at radius 2 is 2.07 bits per heavy atom. The average molecular weight is 193 g/mol. The van der Waals surface area contributed by atoms with Crippen LogP contribution < -0.4 is 5.43 Å². The van der Waals surface area contributed by atoms with Crippen molar-refractivity contribution in [3.63, 3.8) is 0 Å². The monoisotopic (exact) mass is 193 g/mol. The van der Waals surface area contributed by atoms with Crippen molar-refractivity contribution in [3.8, 4) is 0 Å². The highest BCUT2D eigenvalue weighted by atomic mass is 16.5. The van der Waals surface area contributed by atoms with Gasteiger partial charge in [-0.25, -0.2) is 4.79 Å². The number of aromatic nitrogens is 1. The van der Waals surface area contributed by atoms with E-state index in [-0.39, 0.29) is 11.1 Å². The number of pyridine rings is 1. The first-order valence-corrected chi connectivity index (χ1v) is 4.20. The molecule has 0 spiro atoms. The summed E-state index contributed by atoms with van der Waals surface area (Å²) >= 11 is 0. The molecule has 0 radical (unpaired) electrons. The van der Waals surface area contributed by atoms with Gasteiger partial charge in [0.2, 0.25) is 0 Å². The maximum atomic E-state index is 11.2. The van der Waals surface area contributed by atoms with E-state index in [0.717, 1.165) is 0 Å². The van der Waals surface area contributed by atoms with E-state index in [2.05, 4.69) is 6.58 Å². The summed E-state index contributed by atoms with van der Waals surface area (Å²) in [6.07, 6.45) is 2.95. The molecule has 0 atom stereocenters. The zero-order valence-corrected chi connectivity index (χ0v) is 7.90. The first-order valence-electron chi connectivity index (χ1n) is 4.20. The second-order valence-electron chi connectivity index (χ2n) is 2.61. The topological polar surface area (TPSA) is 48.3 Å². The number of hydrogen-bond acceptors (Lipinski definition) is 3. The van der Waals surface area contributed by atoms with Gasteiger partial charge < -0.3 is 9.30 Å². The van der Waals surface area contributed by atoms with Crippen LogP contribution in [0.1, 0.15) is 6.92 Å². The van der Waals surface area contributed by atoms with Gasteiger partial charge >= 0.3 is 5.97 Å². The van der Waals surface area contributed by atoms with Crippen LogP contribution in [0.2, 0.25) is 0 Å². The first-order chi connectivity index (χ1) is 6.65. The molecule has 1 rings (SSSR count). The van der Waals surface area contributed by atoms with Gasteiger partial charge in [0, 0.05) is 24.5 Å². The maximum Gasteiger partial charge on any atom is 0.354 e. The third-order valence-electron chi connectivity index (χ3n) is 1.62. The van der Waals surface area contributed by atoms with Crippen LogP contribution in [0.3, 0.4) is 0 Å². The lowest BCUT2D eigenvalue weighted by Gasteiger charge is -2.07. The largest absolute Gasteiger partial charge is 0.461 e. The summed E-state index contributed by atoms with van der Waals surface area (Å²) < 4.78 is 6.19. The maximum absolute atomic E-state index is 11.2. The zero-order chi connectivity index (χ0) is 10.6. The van der Waals surface area contributed by atoms with Gasteiger partial charge in [0.25, 0.3) is 0 Å². The molecular weight excluding hydrogens is 182 g/mol. The number of carbonyl (C=O) groups is 1. The van der Waals surface area contributed by atoms with E-state index >= 15 is 0 Å². The van der Waals surface area contributed by atoms with Crippen LogP contribution in [0.4, 0.5) is 0 Å². The highest BCUT2D eigenvalue weighted by Crippen LogP contribution is 2.01. The minimum absolute atomic E-state index is 0.113. The van der Waals surface area contributed by atoms with Crippen LogP contribution in [-0.2, 0) is 9.53 Å². The standard InChI is InChI=1S/C10H11NO3/c1-3-14-10(13)8(2)11-6-4-9(12)5-7-11/h4-7H,2-3H2,1H3. The number of carbonyl (C=O) groups excluding carboxylic acids is 1. The Morgan fingerprint density at radius 3 is 2.57 bits per heavy atom. The number of ether oxygens (including phenoxy) is 1. The van der Waals surface area contributed by atoms with Crippen LogP contribution in [0.5, 0.6) is 0 Å². The fraction of sp³-hybridized carbons (Fsp3) is 0.200. The van der Waals surface area contributed by atoms with E-state index in [1.165, 1.54) is 29.1 Å². The molecule has 0 fully saturated rings. The van der Waals surface area contributed by atoms with E-state index in [1.807, 2.05) is 0 Å². The van der Waals surface area contributed by atoms with E-state index in [0.29, 0.717) is 6.61 Å².